The van der Waals surface area contributed by atoms with Gasteiger partial charge in [0.1, 0.15) is 0 Å². The van der Waals surface area contributed by atoms with Gasteiger partial charge in [-0.1, -0.05) is 52.0 Å². The Balaban J connectivity index is 0.000000774. The molecule has 0 spiro atoms. The molecule has 0 saturated heterocycles. The molecule has 2 aromatic rings. The Morgan fingerprint density at radius 2 is 1.76 bits per heavy atom. The SMILES string of the molecule is CC.CC(C)C1CC=c2sc3ccccc3c(=O)c2=CC1. The maximum Gasteiger partial charge on any atom is 0.195 e. The Morgan fingerprint density at radius 3 is 2.48 bits per heavy atom. The van der Waals surface area contributed by atoms with E-state index in [4.69, 9.17) is 0 Å². The van der Waals surface area contributed by atoms with Gasteiger partial charge in [0, 0.05) is 19.8 Å². The van der Waals surface area contributed by atoms with Crippen molar-refractivity contribution in [2.45, 2.75) is 40.5 Å². The summed E-state index contributed by atoms with van der Waals surface area (Å²) in [7, 11) is 0. The van der Waals surface area contributed by atoms with Crippen LogP contribution in [-0.4, -0.2) is 0 Å². The lowest BCUT2D eigenvalue weighted by Gasteiger charge is -2.15. The minimum absolute atomic E-state index is 0.199. The standard InChI is InChI=1S/C17H18OS.C2H6/c1-11(2)12-7-9-14-16(10-8-12)19-15-6-4-3-5-13(15)17(14)18;1-2/h3-6,9-12H,7-8H2,1-2H3;1-2H3. The van der Waals surface area contributed by atoms with E-state index in [1.54, 1.807) is 11.3 Å². The average molecular weight is 300 g/mol. The first-order chi connectivity index (χ1) is 10.2. The van der Waals surface area contributed by atoms with Gasteiger partial charge in [0.25, 0.3) is 0 Å². The van der Waals surface area contributed by atoms with Gasteiger partial charge in [-0.3, -0.25) is 4.79 Å². The number of benzene rings is 1. The van der Waals surface area contributed by atoms with E-state index in [9.17, 15) is 4.79 Å². The molecule has 21 heavy (non-hydrogen) atoms. The van der Waals surface area contributed by atoms with Crippen molar-refractivity contribution in [2.24, 2.45) is 11.8 Å². The summed E-state index contributed by atoms with van der Waals surface area (Å²) in [5.74, 6) is 1.32. The van der Waals surface area contributed by atoms with Gasteiger partial charge in [0.15, 0.2) is 5.43 Å². The highest BCUT2D eigenvalue weighted by molar-refractivity contribution is 7.16. The molecule has 0 N–H and O–H groups in total. The first-order valence-electron chi connectivity index (χ1n) is 7.89. The zero-order valence-corrected chi connectivity index (χ0v) is 14.2. The lowest BCUT2D eigenvalue weighted by atomic mass is 9.90. The summed E-state index contributed by atoms with van der Waals surface area (Å²) in [4.78, 5) is 12.6. The van der Waals surface area contributed by atoms with Crippen molar-refractivity contribution < 1.29 is 0 Å². The molecule has 1 aromatic heterocycles. The molecule has 0 saturated carbocycles. The molecule has 0 aliphatic heterocycles. The predicted octanol–water partition coefficient (Wildman–Crippen LogP) is 3.91. The maximum absolute atomic E-state index is 12.6. The highest BCUT2D eigenvalue weighted by Gasteiger charge is 2.13. The molecule has 1 atom stereocenters. The van der Waals surface area contributed by atoms with Gasteiger partial charge in [0.2, 0.25) is 0 Å². The maximum atomic E-state index is 12.6. The Labute approximate surface area is 130 Å². The molecule has 0 bridgehead atoms. The molecule has 1 aliphatic rings. The highest BCUT2D eigenvalue weighted by atomic mass is 32.1. The van der Waals surface area contributed by atoms with E-state index in [2.05, 4.69) is 26.0 Å². The molecular formula is C19H24OS. The summed E-state index contributed by atoms with van der Waals surface area (Å²) in [6, 6.07) is 7.93. The van der Waals surface area contributed by atoms with Crippen molar-refractivity contribution in [3.63, 3.8) is 0 Å². The average Bonchev–Trinajstić information content (AvgIpc) is 2.72. The third-order valence-electron chi connectivity index (χ3n) is 4.04. The van der Waals surface area contributed by atoms with Gasteiger partial charge in [-0.15, -0.1) is 11.3 Å². The molecule has 1 nitrogen and oxygen atoms in total. The summed E-state index contributed by atoms with van der Waals surface area (Å²) in [5.41, 5.74) is 0.199. The van der Waals surface area contributed by atoms with E-state index in [1.165, 1.54) is 0 Å². The van der Waals surface area contributed by atoms with E-state index in [0.717, 1.165) is 32.7 Å². The second-order valence-electron chi connectivity index (χ2n) is 5.59. The third-order valence-corrected chi connectivity index (χ3v) is 5.22. The Hall–Kier alpha value is -1.41. The van der Waals surface area contributed by atoms with Gasteiger partial charge < -0.3 is 0 Å². The van der Waals surface area contributed by atoms with Crippen molar-refractivity contribution in [3.05, 3.63) is 44.2 Å². The molecule has 2 heteroatoms. The lowest BCUT2D eigenvalue weighted by molar-refractivity contribution is 0.408. The van der Waals surface area contributed by atoms with Crippen molar-refractivity contribution in [1.29, 1.82) is 0 Å². The van der Waals surface area contributed by atoms with Crippen LogP contribution in [0.15, 0.2) is 29.1 Å². The van der Waals surface area contributed by atoms with Crippen molar-refractivity contribution in [3.8, 4) is 0 Å². The molecule has 1 aliphatic carbocycles. The second-order valence-corrected chi connectivity index (χ2v) is 6.67. The quantitative estimate of drug-likeness (QED) is 0.780. The summed E-state index contributed by atoms with van der Waals surface area (Å²) >= 11 is 1.74. The number of fused-ring (bicyclic) bond motifs is 2. The van der Waals surface area contributed by atoms with Gasteiger partial charge in [-0.25, -0.2) is 0 Å². The number of hydrogen-bond donors (Lipinski definition) is 0. The number of hydrogen-bond acceptors (Lipinski definition) is 2. The molecule has 1 aromatic carbocycles. The van der Waals surface area contributed by atoms with Crippen LogP contribution in [0.4, 0.5) is 0 Å². The van der Waals surface area contributed by atoms with Crippen LogP contribution >= 0.6 is 11.3 Å². The van der Waals surface area contributed by atoms with Crippen molar-refractivity contribution in [1.82, 2.24) is 0 Å². The summed E-state index contributed by atoms with van der Waals surface area (Å²) < 4.78 is 2.26. The van der Waals surface area contributed by atoms with Crippen LogP contribution in [0.1, 0.15) is 40.5 Å². The Bertz CT molecular complexity index is 783. The summed E-state index contributed by atoms with van der Waals surface area (Å²) in [5, 5.41) is 1.78. The monoisotopic (exact) mass is 300 g/mol. The van der Waals surface area contributed by atoms with E-state index < -0.39 is 0 Å². The van der Waals surface area contributed by atoms with Gasteiger partial charge in [0.05, 0.1) is 0 Å². The number of rotatable bonds is 1. The molecule has 0 fully saturated rings. The van der Waals surface area contributed by atoms with Gasteiger partial charge in [-0.05, 0) is 36.8 Å². The normalized spacial score (nSPS) is 17.1. The minimum Gasteiger partial charge on any atom is -0.289 e. The Morgan fingerprint density at radius 1 is 1.10 bits per heavy atom. The smallest absolute Gasteiger partial charge is 0.195 e. The van der Waals surface area contributed by atoms with Crippen LogP contribution in [0.2, 0.25) is 0 Å². The zero-order valence-electron chi connectivity index (χ0n) is 13.3. The summed E-state index contributed by atoms with van der Waals surface area (Å²) in [6.45, 7) is 8.53. The fraction of sp³-hybridized carbons (Fsp3) is 0.421. The molecule has 1 unspecified atom stereocenters. The highest BCUT2D eigenvalue weighted by Crippen LogP contribution is 2.21. The summed E-state index contributed by atoms with van der Waals surface area (Å²) in [6.07, 6.45) is 6.52. The third kappa shape index (κ3) is 3.26. The topological polar surface area (TPSA) is 17.1 Å². The van der Waals surface area contributed by atoms with Gasteiger partial charge >= 0.3 is 0 Å². The lowest BCUT2D eigenvalue weighted by Crippen LogP contribution is -2.36. The largest absolute Gasteiger partial charge is 0.289 e. The molecule has 112 valence electrons. The van der Waals surface area contributed by atoms with E-state index in [1.807, 2.05) is 38.1 Å². The molecule has 0 amide bonds. The predicted molar refractivity (Wildman–Crippen MR) is 95.2 cm³/mol. The van der Waals surface area contributed by atoms with Crippen LogP contribution in [0, 0.1) is 11.8 Å². The zero-order chi connectivity index (χ0) is 15.4. The van der Waals surface area contributed by atoms with Crippen LogP contribution in [-0.2, 0) is 0 Å². The minimum atomic E-state index is 0.199. The Kier molecular flexibility index (Phi) is 5.35. The fourth-order valence-corrected chi connectivity index (χ4v) is 3.81. The molecule has 3 rings (SSSR count). The van der Waals surface area contributed by atoms with E-state index >= 15 is 0 Å². The van der Waals surface area contributed by atoms with Crippen LogP contribution in [0.25, 0.3) is 22.2 Å². The molecule has 1 heterocycles. The first kappa shape index (κ1) is 16.0. The second kappa shape index (κ2) is 7.04. The van der Waals surface area contributed by atoms with Crippen LogP contribution in [0.5, 0.6) is 0 Å². The van der Waals surface area contributed by atoms with E-state index in [0.29, 0.717) is 11.8 Å². The molecule has 0 radical (unpaired) electrons. The van der Waals surface area contributed by atoms with Crippen LogP contribution < -0.4 is 15.2 Å². The van der Waals surface area contributed by atoms with Gasteiger partial charge in [-0.2, -0.15) is 0 Å². The van der Waals surface area contributed by atoms with Crippen LogP contribution in [0.3, 0.4) is 0 Å². The fourth-order valence-electron chi connectivity index (χ4n) is 2.69. The van der Waals surface area contributed by atoms with E-state index in [-0.39, 0.29) is 5.43 Å². The van der Waals surface area contributed by atoms with Crippen molar-refractivity contribution >= 4 is 33.6 Å². The molecular weight excluding hydrogens is 276 g/mol. The first-order valence-corrected chi connectivity index (χ1v) is 8.70. The van der Waals surface area contributed by atoms with Crippen molar-refractivity contribution in [2.75, 3.05) is 0 Å².